The largest absolute Gasteiger partial charge is 0.350 e. The Balaban J connectivity index is 1.68. The number of rotatable bonds is 5. The van der Waals surface area contributed by atoms with Crippen molar-refractivity contribution in [2.24, 2.45) is 0 Å². The Kier molecular flexibility index (Phi) is 5.12. The number of hydrogen-bond donors (Lipinski definition) is 1. The average Bonchev–Trinajstić information content (AvgIpc) is 3.17. The normalized spacial score (nSPS) is 10.6. The van der Waals surface area contributed by atoms with Gasteiger partial charge in [0.05, 0.1) is 0 Å². The molecule has 0 bridgehead atoms. The molecule has 0 aliphatic rings. The maximum atomic E-state index is 13.0. The quantitative estimate of drug-likeness (QED) is 0.551. The molecule has 0 aliphatic heterocycles. The predicted molar refractivity (Wildman–Crippen MR) is 108 cm³/mol. The topological polar surface area (TPSA) is 72.7 Å². The molecule has 1 N–H and O–H groups in total. The van der Waals surface area contributed by atoms with Crippen molar-refractivity contribution < 1.29 is 4.79 Å². The maximum absolute atomic E-state index is 13.0. The minimum Gasteiger partial charge on any atom is -0.350 e. The van der Waals surface area contributed by atoms with Crippen LogP contribution in [0.3, 0.4) is 0 Å². The zero-order chi connectivity index (χ0) is 19.3. The van der Waals surface area contributed by atoms with E-state index in [1.807, 2.05) is 48.5 Å². The standard InChI is InChI=1S/C21H16ClN5O/c22-18-10-4-6-15(12-18)13-24-21-25-19(17-9-5-11-23-14-17)26-27(21)20(28)16-7-2-1-3-8-16/h1-12,14H,13H2,(H,24,25,26). The highest BCUT2D eigenvalue weighted by atomic mass is 35.5. The summed E-state index contributed by atoms with van der Waals surface area (Å²) in [6.07, 6.45) is 3.33. The van der Waals surface area contributed by atoms with E-state index < -0.39 is 0 Å². The van der Waals surface area contributed by atoms with E-state index in [1.54, 1.807) is 30.6 Å². The highest BCUT2D eigenvalue weighted by Crippen LogP contribution is 2.19. The third-order valence-corrected chi connectivity index (χ3v) is 4.31. The van der Waals surface area contributed by atoms with Gasteiger partial charge in [-0.05, 0) is 42.0 Å². The van der Waals surface area contributed by atoms with Gasteiger partial charge in [0.1, 0.15) is 0 Å². The van der Waals surface area contributed by atoms with Crippen LogP contribution in [-0.4, -0.2) is 25.7 Å². The molecule has 7 heteroatoms. The summed E-state index contributed by atoms with van der Waals surface area (Å²) in [6.45, 7) is 0.452. The second kappa shape index (κ2) is 8.02. The third-order valence-electron chi connectivity index (χ3n) is 4.08. The summed E-state index contributed by atoms with van der Waals surface area (Å²) in [5, 5.41) is 8.25. The first-order chi connectivity index (χ1) is 13.7. The first-order valence-corrected chi connectivity index (χ1v) is 9.04. The van der Waals surface area contributed by atoms with Crippen LogP contribution in [0, 0.1) is 0 Å². The minimum atomic E-state index is -0.267. The first-order valence-electron chi connectivity index (χ1n) is 8.66. The van der Waals surface area contributed by atoms with Crippen molar-refractivity contribution in [3.8, 4) is 11.4 Å². The Bertz CT molecular complexity index is 1100. The van der Waals surface area contributed by atoms with Crippen LogP contribution in [-0.2, 0) is 6.54 Å². The van der Waals surface area contributed by atoms with E-state index in [-0.39, 0.29) is 5.91 Å². The van der Waals surface area contributed by atoms with Crippen LogP contribution < -0.4 is 5.32 Å². The van der Waals surface area contributed by atoms with Crippen LogP contribution in [0.15, 0.2) is 79.1 Å². The van der Waals surface area contributed by atoms with E-state index in [9.17, 15) is 4.79 Å². The van der Waals surface area contributed by atoms with Gasteiger partial charge in [0.25, 0.3) is 5.91 Å². The number of carbonyl (C=O) groups excluding carboxylic acids is 1. The van der Waals surface area contributed by atoms with E-state index in [1.165, 1.54) is 4.68 Å². The van der Waals surface area contributed by atoms with Gasteiger partial charge in [-0.1, -0.05) is 41.9 Å². The van der Waals surface area contributed by atoms with Crippen molar-refractivity contribution in [2.45, 2.75) is 6.54 Å². The molecule has 0 aliphatic carbocycles. The lowest BCUT2D eigenvalue weighted by Gasteiger charge is -2.07. The number of carbonyl (C=O) groups is 1. The van der Waals surface area contributed by atoms with Crippen molar-refractivity contribution in [1.29, 1.82) is 0 Å². The molecule has 138 valence electrons. The summed E-state index contributed by atoms with van der Waals surface area (Å²) < 4.78 is 1.28. The van der Waals surface area contributed by atoms with E-state index in [4.69, 9.17) is 11.6 Å². The molecule has 0 atom stereocenters. The number of nitrogens with one attached hydrogen (secondary N) is 1. The van der Waals surface area contributed by atoms with Crippen LogP contribution in [0.1, 0.15) is 15.9 Å². The number of aromatic nitrogens is 4. The van der Waals surface area contributed by atoms with E-state index >= 15 is 0 Å². The number of hydrogen-bond acceptors (Lipinski definition) is 5. The zero-order valence-corrected chi connectivity index (χ0v) is 15.5. The van der Waals surface area contributed by atoms with Crippen molar-refractivity contribution in [3.05, 3.63) is 95.3 Å². The van der Waals surface area contributed by atoms with Crippen LogP contribution >= 0.6 is 11.6 Å². The van der Waals surface area contributed by atoms with Crippen molar-refractivity contribution >= 4 is 23.5 Å². The maximum Gasteiger partial charge on any atom is 0.281 e. The van der Waals surface area contributed by atoms with Gasteiger partial charge in [-0.3, -0.25) is 9.78 Å². The molecule has 4 aromatic rings. The summed E-state index contributed by atoms with van der Waals surface area (Å²) in [5.41, 5.74) is 2.22. The van der Waals surface area contributed by atoms with Crippen LogP contribution in [0.2, 0.25) is 5.02 Å². The fourth-order valence-corrected chi connectivity index (χ4v) is 2.93. The Hall–Kier alpha value is -3.51. The SMILES string of the molecule is O=C(c1ccccc1)n1nc(-c2cccnc2)nc1NCc1cccc(Cl)c1. The zero-order valence-electron chi connectivity index (χ0n) is 14.8. The van der Waals surface area contributed by atoms with Crippen LogP contribution in [0.5, 0.6) is 0 Å². The highest BCUT2D eigenvalue weighted by molar-refractivity contribution is 6.30. The highest BCUT2D eigenvalue weighted by Gasteiger charge is 2.18. The average molecular weight is 390 g/mol. The van der Waals surface area contributed by atoms with Gasteiger partial charge in [0.2, 0.25) is 5.95 Å². The van der Waals surface area contributed by atoms with E-state index in [0.29, 0.717) is 28.9 Å². The Morgan fingerprint density at radius 3 is 2.64 bits per heavy atom. The van der Waals surface area contributed by atoms with Gasteiger partial charge < -0.3 is 5.32 Å². The van der Waals surface area contributed by atoms with Crippen molar-refractivity contribution in [3.63, 3.8) is 0 Å². The lowest BCUT2D eigenvalue weighted by Crippen LogP contribution is -2.17. The number of benzene rings is 2. The van der Waals surface area contributed by atoms with Crippen LogP contribution in [0.4, 0.5) is 5.95 Å². The summed E-state index contributed by atoms with van der Waals surface area (Å²) in [5.74, 6) is 0.510. The molecule has 6 nitrogen and oxygen atoms in total. The molecule has 4 rings (SSSR count). The van der Waals surface area contributed by atoms with Crippen molar-refractivity contribution in [1.82, 2.24) is 19.7 Å². The predicted octanol–water partition coefficient (Wildman–Crippen LogP) is 4.29. The molecule has 2 aromatic heterocycles. The van der Waals surface area contributed by atoms with E-state index in [2.05, 4.69) is 20.4 Å². The van der Waals surface area contributed by atoms with Gasteiger partial charge in [0, 0.05) is 35.1 Å². The molecule has 28 heavy (non-hydrogen) atoms. The lowest BCUT2D eigenvalue weighted by atomic mass is 10.2. The molecule has 0 amide bonds. The third kappa shape index (κ3) is 3.92. The van der Waals surface area contributed by atoms with Gasteiger partial charge >= 0.3 is 0 Å². The molecule has 0 fully saturated rings. The van der Waals surface area contributed by atoms with Gasteiger partial charge in [-0.25, -0.2) is 0 Å². The molecular weight excluding hydrogens is 374 g/mol. The molecule has 0 saturated heterocycles. The summed E-state index contributed by atoms with van der Waals surface area (Å²) in [7, 11) is 0. The second-order valence-corrected chi connectivity index (χ2v) is 6.50. The molecule has 0 unspecified atom stereocenters. The second-order valence-electron chi connectivity index (χ2n) is 6.07. The minimum absolute atomic E-state index is 0.267. The molecule has 0 saturated carbocycles. The van der Waals surface area contributed by atoms with Gasteiger partial charge in [-0.15, -0.1) is 5.10 Å². The Morgan fingerprint density at radius 2 is 1.89 bits per heavy atom. The number of anilines is 1. The summed E-state index contributed by atoms with van der Waals surface area (Å²) in [6, 6.07) is 20.1. The number of halogens is 1. The fraction of sp³-hybridized carbons (Fsp3) is 0.0476. The Labute approximate surface area is 166 Å². The Morgan fingerprint density at radius 1 is 1.04 bits per heavy atom. The first kappa shape index (κ1) is 17.9. The molecule has 0 radical (unpaired) electrons. The lowest BCUT2D eigenvalue weighted by molar-refractivity contribution is 0.0947. The van der Waals surface area contributed by atoms with E-state index in [0.717, 1.165) is 11.1 Å². The summed E-state index contributed by atoms with van der Waals surface area (Å²) in [4.78, 5) is 21.6. The number of nitrogens with zero attached hydrogens (tertiary/aromatic N) is 4. The van der Waals surface area contributed by atoms with Gasteiger partial charge in [0.15, 0.2) is 5.82 Å². The van der Waals surface area contributed by atoms with Crippen LogP contribution in [0.25, 0.3) is 11.4 Å². The van der Waals surface area contributed by atoms with Gasteiger partial charge in [-0.2, -0.15) is 9.67 Å². The molecular formula is C21H16ClN5O. The van der Waals surface area contributed by atoms with Crippen molar-refractivity contribution in [2.75, 3.05) is 5.32 Å². The molecule has 2 aromatic carbocycles. The monoisotopic (exact) mass is 389 g/mol. The molecule has 2 heterocycles. The summed E-state index contributed by atoms with van der Waals surface area (Å²) >= 11 is 6.05. The molecule has 0 spiro atoms. The number of pyridine rings is 1. The fourth-order valence-electron chi connectivity index (χ4n) is 2.72. The smallest absolute Gasteiger partial charge is 0.281 e.